The summed E-state index contributed by atoms with van der Waals surface area (Å²) >= 11 is 1.39. The monoisotopic (exact) mass is 398 g/mol. The van der Waals surface area contributed by atoms with Crippen molar-refractivity contribution in [1.82, 2.24) is 9.55 Å². The maximum Gasteiger partial charge on any atom is 0.262 e. The lowest BCUT2D eigenvalue weighted by atomic mass is 10.2. The Bertz CT molecular complexity index is 1000. The lowest BCUT2D eigenvalue weighted by molar-refractivity contribution is 0.126. The van der Waals surface area contributed by atoms with Crippen LogP contribution in [0.1, 0.15) is 31.9 Å². The maximum absolute atomic E-state index is 13.0. The molecule has 3 rings (SSSR count). The fraction of sp³-hybridized carbons (Fsp3) is 0.364. The Morgan fingerprint density at radius 2 is 1.89 bits per heavy atom. The molecule has 5 nitrogen and oxygen atoms in total. The third kappa shape index (κ3) is 4.56. The van der Waals surface area contributed by atoms with Crippen molar-refractivity contribution in [2.24, 2.45) is 0 Å². The molecule has 148 valence electrons. The molecular weight excluding hydrogens is 372 g/mol. The van der Waals surface area contributed by atoms with E-state index in [0.717, 1.165) is 17.7 Å². The van der Waals surface area contributed by atoms with Crippen LogP contribution in [0, 0.1) is 6.92 Å². The van der Waals surface area contributed by atoms with Crippen LogP contribution >= 0.6 is 11.8 Å². The summed E-state index contributed by atoms with van der Waals surface area (Å²) in [5, 5.41) is 11.6. The van der Waals surface area contributed by atoms with Gasteiger partial charge in [-0.2, -0.15) is 0 Å². The van der Waals surface area contributed by atoms with Gasteiger partial charge >= 0.3 is 0 Å². The van der Waals surface area contributed by atoms with Gasteiger partial charge < -0.3 is 9.84 Å². The van der Waals surface area contributed by atoms with E-state index in [1.165, 1.54) is 11.8 Å². The number of aromatic nitrogens is 2. The fourth-order valence-corrected chi connectivity index (χ4v) is 3.92. The van der Waals surface area contributed by atoms with E-state index < -0.39 is 6.10 Å². The SMILES string of the molecule is CC[C@@H](C)n1c(SC[C@H](O)COc2ccccc2C)nc2ccccc2c1=O. The number of aryl methyl sites for hydroxylation is 1. The van der Waals surface area contributed by atoms with Crippen molar-refractivity contribution in [3.63, 3.8) is 0 Å². The predicted octanol–water partition coefficient (Wildman–Crippen LogP) is 4.21. The Balaban J connectivity index is 1.76. The first kappa shape index (κ1) is 20.4. The topological polar surface area (TPSA) is 64.3 Å². The molecule has 28 heavy (non-hydrogen) atoms. The summed E-state index contributed by atoms with van der Waals surface area (Å²) in [5.41, 5.74) is 1.68. The van der Waals surface area contributed by atoms with E-state index >= 15 is 0 Å². The van der Waals surface area contributed by atoms with Crippen LogP contribution in [-0.4, -0.2) is 33.1 Å². The fourth-order valence-electron chi connectivity index (χ4n) is 2.92. The van der Waals surface area contributed by atoms with Gasteiger partial charge in [-0.1, -0.05) is 49.0 Å². The average Bonchev–Trinajstić information content (AvgIpc) is 2.71. The van der Waals surface area contributed by atoms with E-state index in [1.54, 1.807) is 4.57 Å². The molecule has 3 aromatic rings. The van der Waals surface area contributed by atoms with Gasteiger partial charge in [0.15, 0.2) is 5.16 Å². The molecule has 1 N–H and O–H groups in total. The van der Waals surface area contributed by atoms with Gasteiger partial charge in [0, 0.05) is 11.8 Å². The summed E-state index contributed by atoms with van der Waals surface area (Å²) in [7, 11) is 0. The molecule has 0 amide bonds. The zero-order valence-corrected chi connectivity index (χ0v) is 17.3. The lowest BCUT2D eigenvalue weighted by Gasteiger charge is -2.19. The van der Waals surface area contributed by atoms with Crippen LogP contribution in [0.15, 0.2) is 58.5 Å². The third-order valence-electron chi connectivity index (χ3n) is 4.74. The van der Waals surface area contributed by atoms with Crippen LogP contribution in [0.2, 0.25) is 0 Å². The molecule has 1 heterocycles. The second kappa shape index (κ2) is 9.26. The highest BCUT2D eigenvalue weighted by molar-refractivity contribution is 7.99. The van der Waals surface area contributed by atoms with Gasteiger partial charge in [-0.05, 0) is 44.0 Å². The van der Waals surface area contributed by atoms with Crippen LogP contribution in [0.5, 0.6) is 5.75 Å². The first-order chi connectivity index (χ1) is 13.5. The third-order valence-corrected chi connectivity index (χ3v) is 5.83. The van der Waals surface area contributed by atoms with Crippen molar-refractivity contribution < 1.29 is 9.84 Å². The highest BCUT2D eigenvalue weighted by Gasteiger charge is 2.17. The molecule has 0 aliphatic rings. The Hall–Kier alpha value is -2.31. The zero-order chi connectivity index (χ0) is 20.1. The number of benzene rings is 2. The average molecular weight is 399 g/mol. The number of nitrogens with zero attached hydrogens (tertiary/aromatic N) is 2. The van der Waals surface area contributed by atoms with Crippen molar-refractivity contribution in [3.8, 4) is 5.75 Å². The Morgan fingerprint density at radius 1 is 1.18 bits per heavy atom. The number of rotatable bonds is 8. The smallest absolute Gasteiger partial charge is 0.262 e. The van der Waals surface area contributed by atoms with E-state index in [2.05, 4.69) is 4.98 Å². The first-order valence-corrected chi connectivity index (χ1v) is 10.5. The molecule has 0 unspecified atom stereocenters. The van der Waals surface area contributed by atoms with Crippen molar-refractivity contribution >= 4 is 22.7 Å². The summed E-state index contributed by atoms with van der Waals surface area (Å²) in [6.45, 7) is 6.23. The van der Waals surface area contributed by atoms with Crippen LogP contribution in [-0.2, 0) is 0 Å². The Morgan fingerprint density at radius 3 is 2.64 bits per heavy atom. The van der Waals surface area contributed by atoms with Crippen LogP contribution in [0.4, 0.5) is 0 Å². The largest absolute Gasteiger partial charge is 0.491 e. The van der Waals surface area contributed by atoms with Crippen LogP contribution in [0.25, 0.3) is 10.9 Å². The van der Waals surface area contributed by atoms with Gasteiger partial charge in [-0.15, -0.1) is 0 Å². The quantitative estimate of drug-likeness (QED) is 0.455. The Labute approximate surface area is 169 Å². The number of fused-ring (bicyclic) bond motifs is 1. The second-order valence-corrected chi connectivity index (χ2v) is 7.87. The van der Waals surface area contributed by atoms with Crippen molar-refractivity contribution in [3.05, 3.63) is 64.4 Å². The molecule has 0 saturated heterocycles. The number of aliphatic hydroxyl groups excluding tert-OH is 1. The van der Waals surface area contributed by atoms with Gasteiger partial charge in [0.25, 0.3) is 5.56 Å². The summed E-state index contributed by atoms with van der Waals surface area (Å²) in [6, 6.07) is 15.1. The summed E-state index contributed by atoms with van der Waals surface area (Å²) in [5.74, 6) is 1.17. The number of thioether (sulfide) groups is 1. The molecule has 0 aliphatic carbocycles. The standard InChI is InChI=1S/C22H26N2O3S/c1-4-16(3)24-21(26)18-10-6-7-11-19(18)23-22(24)28-14-17(25)13-27-20-12-8-5-9-15(20)2/h5-12,16-17,25H,4,13-14H2,1-3H3/t16-,17-/m1/s1. The zero-order valence-electron chi connectivity index (χ0n) is 16.5. The van der Waals surface area contributed by atoms with E-state index in [4.69, 9.17) is 4.74 Å². The Kier molecular flexibility index (Phi) is 6.75. The highest BCUT2D eigenvalue weighted by Crippen LogP contribution is 2.23. The maximum atomic E-state index is 13.0. The van der Waals surface area contributed by atoms with Gasteiger partial charge in [0.05, 0.1) is 17.0 Å². The molecule has 2 aromatic carbocycles. The van der Waals surface area contributed by atoms with Gasteiger partial charge in [-0.25, -0.2) is 4.98 Å². The molecule has 0 fully saturated rings. The molecule has 0 radical (unpaired) electrons. The van der Waals surface area contributed by atoms with Crippen LogP contribution in [0.3, 0.4) is 0 Å². The van der Waals surface area contributed by atoms with Gasteiger partial charge in [-0.3, -0.25) is 9.36 Å². The number of hydrogen-bond donors (Lipinski definition) is 1. The summed E-state index contributed by atoms with van der Waals surface area (Å²) in [4.78, 5) is 17.6. The minimum absolute atomic E-state index is 0.0342. The van der Waals surface area contributed by atoms with Crippen molar-refractivity contribution in [2.75, 3.05) is 12.4 Å². The number of ether oxygens (including phenoxy) is 1. The van der Waals surface area contributed by atoms with E-state index in [9.17, 15) is 9.90 Å². The molecule has 0 spiro atoms. The van der Waals surface area contributed by atoms with E-state index in [-0.39, 0.29) is 18.2 Å². The highest BCUT2D eigenvalue weighted by atomic mass is 32.2. The summed E-state index contributed by atoms with van der Waals surface area (Å²) < 4.78 is 7.47. The number of hydrogen-bond acceptors (Lipinski definition) is 5. The number of aliphatic hydroxyl groups is 1. The van der Waals surface area contributed by atoms with Crippen LogP contribution < -0.4 is 10.3 Å². The predicted molar refractivity (Wildman–Crippen MR) is 114 cm³/mol. The first-order valence-electron chi connectivity index (χ1n) is 9.51. The lowest BCUT2D eigenvalue weighted by Crippen LogP contribution is -2.27. The van der Waals surface area contributed by atoms with Gasteiger partial charge in [0.1, 0.15) is 12.4 Å². The molecule has 0 saturated carbocycles. The van der Waals surface area contributed by atoms with E-state index in [1.807, 2.05) is 69.3 Å². The normalized spacial score (nSPS) is 13.4. The molecule has 1 aromatic heterocycles. The molecule has 0 aliphatic heterocycles. The molecule has 6 heteroatoms. The molecule has 2 atom stereocenters. The molecular formula is C22H26N2O3S. The second-order valence-electron chi connectivity index (χ2n) is 6.89. The van der Waals surface area contributed by atoms with Crippen molar-refractivity contribution in [2.45, 2.75) is 44.5 Å². The number of para-hydroxylation sites is 2. The summed E-state index contributed by atoms with van der Waals surface area (Å²) in [6.07, 6.45) is 0.158. The molecule has 0 bridgehead atoms. The van der Waals surface area contributed by atoms with Crippen molar-refractivity contribution in [1.29, 1.82) is 0 Å². The van der Waals surface area contributed by atoms with E-state index in [0.29, 0.717) is 21.8 Å². The van der Waals surface area contributed by atoms with Gasteiger partial charge in [0.2, 0.25) is 0 Å². The minimum atomic E-state index is -0.668. The minimum Gasteiger partial charge on any atom is -0.491 e.